The Morgan fingerprint density at radius 1 is 1.19 bits per heavy atom. The van der Waals surface area contributed by atoms with E-state index in [-0.39, 0.29) is 12.1 Å². The second-order valence-electron chi connectivity index (χ2n) is 6.25. The Bertz CT molecular complexity index is 943. The summed E-state index contributed by atoms with van der Waals surface area (Å²) in [6.07, 6.45) is 1.67. The largest absolute Gasteiger partial charge is 0.337 e. The third kappa shape index (κ3) is 3.99. The average Bonchev–Trinajstić information content (AvgIpc) is 3.33. The van der Waals surface area contributed by atoms with Crippen LogP contribution in [0.3, 0.4) is 0 Å². The lowest BCUT2D eigenvalue weighted by Gasteiger charge is -2.22. The molecule has 138 valence electrons. The van der Waals surface area contributed by atoms with E-state index >= 15 is 0 Å². The van der Waals surface area contributed by atoms with Gasteiger partial charge in [-0.15, -0.1) is 0 Å². The number of aromatic nitrogens is 2. The Labute approximate surface area is 169 Å². The fourth-order valence-corrected chi connectivity index (χ4v) is 3.47. The lowest BCUT2D eigenvalue weighted by atomic mass is 10.2. The van der Waals surface area contributed by atoms with Gasteiger partial charge >= 0.3 is 6.03 Å². The van der Waals surface area contributed by atoms with Gasteiger partial charge in [0.25, 0.3) is 0 Å². The van der Waals surface area contributed by atoms with E-state index in [2.05, 4.69) is 31.4 Å². The second-order valence-corrected chi connectivity index (χ2v) is 7.60. The van der Waals surface area contributed by atoms with Gasteiger partial charge in [-0.2, -0.15) is 4.98 Å². The van der Waals surface area contributed by atoms with Crippen molar-refractivity contribution in [3.8, 4) is 11.4 Å². The van der Waals surface area contributed by atoms with Crippen molar-refractivity contribution in [3.05, 3.63) is 63.9 Å². The number of amides is 2. The van der Waals surface area contributed by atoms with E-state index in [9.17, 15) is 4.79 Å². The van der Waals surface area contributed by atoms with Crippen LogP contribution in [0.5, 0.6) is 0 Å². The number of rotatable bonds is 3. The van der Waals surface area contributed by atoms with Crippen LogP contribution >= 0.6 is 27.5 Å². The molecular formula is C19H16BrClN4O2. The van der Waals surface area contributed by atoms with Gasteiger partial charge in [0, 0.05) is 27.3 Å². The third-order valence-corrected chi connectivity index (χ3v) is 5.22. The van der Waals surface area contributed by atoms with Gasteiger partial charge in [0.1, 0.15) is 6.04 Å². The number of benzene rings is 2. The summed E-state index contributed by atoms with van der Waals surface area (Å²) in [4.78, 5) is 18.9. The van der Waals surface area contributed by atoms with Gasteiger partial charge in [0.2, 0.25) is 11.7 Å². The number of urea groups is 1. The fraction of sp³-hybridized carbons (Fsp3) is 0.211. The maximum Gasteiger partial charge on any atom is 0.322 e. The van der Waals surface area contributed by atoms with E-state index in [0.717, 1.165) is 22.9 Å². The van der Waals surface area contributed by atoms with Crippen molar-refractivity contribution in [1.82, 2.24) is 15.0 Å². The quantitative estimate of drug-likeness (QED) is 0.574. The molecule has 2 amide bonds. The normalized spacial score (nSPS) is 16.5. The SMILES string of the molecule is O=C(Nc1ccc(Cl)cc1)N1CCC[C@H]1c1nc(-c2ccc(Br)cc2)no1. The van der Waals surface area contributed by atoms with Crippen molar-refractivity contribution in [2.75, 3.05) is 11.9 Å². The average molecular weight is 448 g/mol. The lowest BCUT2D eigenvalue weighted by molar-refractivity contribution is 0.193. The van der Waals surface area contributed by atoms with Gasteiger partial charge < -0.3 is 14.7 Å². The summed E-state index contributed by atoms with van der Waals surface area (Å²) in [5.41, 5.74) is 1.56. The molecule has 1 aromatic heterocycles. The molecule has 2 aromatic carbocycles. The number of likely N-dealkylation sites (tertiary alicyclic amines) is 1. The fourth-order valence-electron chi connectivity index (χ4n) is 3.08. The van der Waals surface area contributed by atoms with E-state index in [1.54, 1.807) is 29.2 Å². The highest BCUT2D eigenvalue weighted by atomic mass is 79.9. The first-order chi connectivity index (χ1) is 13.1. The van der Waals surface area contributed by atoms with Crippen LogP contribution in [-0.4, -0.2) is 27.6 Å². The molecule has 0 unspecified atom stereocenters. The van der Waals surface area contributed by atoms with Crippen molar-refractivity contribution < 1.29 is 9.32 Å². The second kappa shape index (κ2) is 7.70. The van der Waals surface area contributed by atoms with Crippen LogP contribution in [0.15, 0.2) is 57.5 Å². The van der Waals surface area contributed by atoms with E-state index in [0.29, 0.717) is 29.0 Å². The summed E-state index contributed by atoms with van der Waals surface area (Å²) in [5.74, 6) is 0.971. The van der Waals surface area contributed by atoms with Gasteiger partial charge in [0.05, 0.1) is 0 Å². The zero-order valence-electron chi connectivity index (χ0n) is 14.2. The molecule has 1 N–H and O–H groups in total. The number of halogens is 2. The number of carbonyl (C=O) groups is 1. The predicted molar refractivity (Wildman–Crippen MR) is 107 cm³/mol. The molecule has 0 spiro atoms. The third-order valence-electron chi connectivity index (χ3n) is 4.44. The minimum absolute atomic E-state index is 0.191. The molecular weight excluding hydrogens is 432 g/mol. The highest BCUT2D eigenvalue weighted by Gasteiger charge is 2.34. The zero-order valence-corrected chi connectivity index (χ0v) is 16.6. The molecule has 0 aliphatic carbocycles. The van der Waals surface area contributed by atoms with Gasteiger partial charge in [-0.1, -0.05) is 32.7 Å². The van der Waals surface area contributed by atoms with Crippen LogP contribution in [0.4, 0.5) is 10.5 Å². The minimum atomic E-state index is -0.228. The molecule has 1 atom stereocenters. The molecule has 6 nitrogen and oxygen atoms in total. The molecule has 8 heteroatoms. The first kappa shape index (κ1) is 18.0. The van der Waals surface area contributed by atoms with Crippen LogP contribution in [-0.2, 0) is 0 Å². The van der Waals surface area contributed by atoms with Crippen LogP contribution in [0.2, 0.25) is 5.02 Å². The summed E-state index contributed by atoms with van der Waals surface area (Å²) in [6.45, 7) is 0.639. The topological polar surface area (TPSA) is 71.3 Å². The van der Waals surface area contributed by atoms with Gasteiger partial charge in [0.15, 0.2) is 0 Å². The Morgan fingerprint density at radius 3 is 2.67 bits per heavy atom. The highest BCUT2D eigenvalue weighted by molar-refractivity contribution is 9.10. The number of nitrogens with zero attached hydrogens (tertiary/aromatic N) is 3. The van der Waals surface area contributed by atoms with Gasteiger partial charge in [-0.3, -0.25) is 0 Å². The maximum atomic E-state index is 12.7. The number of nitrogens with one attached hydrogen (secondary N) is 1. The van der Waals surface area contributed by atoms with Gasteiger partial charge in [-0.05, 0) is 61.4 Å². The number of carbonyl (C=O) groups excluding carboxylic acids is 1. The first-order valence-corrected chi connectivity index (χ1v) is 9.70. The van der Waals surface area contributed by atoms with Crippen LogP contribution < -0.4 is 5.32 Å². The predicted octanol–water partition coefficient (Wildman–Crippen LogP) is 5.52. The minimum Gasteiger partial charge on any atom is -0.337 e. The molecule has 0 saturated carbocycles. The first-order valence-electron chi connectivity index (χ1n) is 8.53. The molecule has 0 bridgehead atoms. The van der Waals surface area contributed by atoms with Crippen molar-refractivity contribution in [3.63, 3.8) is 0 Å². The molecule has 1 saturated heterocycles. The van der Waals surface area contributed by atoms with Crippen LogP contribution in [0.1, 0.15) is 24.8 Å². The molecule has 1 aliphatic rings. The maximum absolute atomic E-state index is 12.7. The number of hydrogen-bond acceptors (Lipinski definition) is 4. The monoisotopic (exact) mass is 446 g/mol. The Balaban J connectivity index is 1.50. The Kier molecular flexibility index (Phi) is 5.13. The summed E-state index contributed by atoms with van der Waals surface area (Å²) in [6, 6.07) is 14.3. The molecule has 2 heterocycles. The molecule has 4 rings (SSSR count). The van der Waals surface area contributed by atoms with E-state index in [4.69, 9.17) is 16.1 Å². The number of hydrogen-bond donors (Lipinski definition) is 1. The van der Waals surface area contributed by atoms with Crippen molar-refractivity contribution in [2.45, 2.75) is 18.9 Å². The van der Waals surface area contributed by atoms with E-state index < -0.39 is 0 Å². The molecule has 3 aromatic rings. The summed E-state index contributed by atoms with van der Waals surface area (Å²) < 4.78 is 6.45. The zero-order chi connectivity index (χ0) is 18.8. The van der Waals surface area contributed by atoms with Gasteiger partial charge in [-0.25, -0.2) is 4.79 Å². The Hall–Kier alpha value is -2.38. The summed E-state index contributed by atoms with van der Waals surface area (Å²) in [7, 11) is 0. The molecule has 1 aliphatic heterocycles. The lowest BCUT2D eigenvalue weighted by Crippen LogP contribution is -2.34. The molecule has 27 heavy (non-hydrogen) atoms. The molecule has 1 fully saturated rings. The smallest absolute Gasteiger partial charge is 0.322 e. The summed E-state index contributed by atoms with van der Waals surface area (Å²) in [5, 5.41) is 7.59. The molecule has 0 radical (unpaired) electrons. The van der Waals surface area contributed by atoms with Crippen molar-refractivity contribution in [2.24, 2.45) is 0 Å². The Morgan fingerprint density at radius 2 is 1.93 bits per heavy atom. The summed E-state index contributed by atoms with van der Waals surface area (Å²) >= 11 is 9.30. The standard InChI is InChI=1S/C19H16BrClN4O2/c20-13-5-3-12(4-6-13)17-23-18(27-24-17)16-2-1-11-25(16)19(26)22-15-9-7-14(21)8-10-15/h3-10,16H,1-2,11H2,(H,22,26)/t16-/m0/s1. The van der Waals surface area contributed by atoms with Crippen molar-refractivity contribution >= 4 is 39.2 Å². The van der Waals surface area contributed by atoms with Crippen LogP contribution in [0, 0.1) is 0 Å². The van der Waals surface area contributed by atoms with Crippen molar-refractivity contribution in [1.29, 1.82) is 0 Å². The van der Waals surface area contributed by atoms with E-state index in [1.165, 1.54) is 0 Å². The van der Waals surface area contributed by atoms with Crippen LogP contribution in [0.25, 0.3) is 11.4 Å². The highest BCUT2D eigenvalue weighted by Crippen LogP contribution is 2.32. The number of anilines is 1. The van der Waals surface area contributed by atoms with E-state index in [1.807, 2.05) is 24.3 Å².